The summed E-state index contributed by atoms with van der Waals surface area (Å²) in [4.78, 5) is 0. The molecule has 0 heterocycles. The van der Waals surface area contributed by atoms with Gasteiger partial charge in [-0.1, -0.05) is 40.0 Å². The zero-order chi connectivity index (χ0) is 21.7. The summed E-state index contributed by atoms with van der Waals surface area (Å²) in [5.74, 6) is -1.70. The predicted molar refractivity (Wildman–Crippen MR) is 114 cm³/mol. The van der Waals surface area contributed by atoms with Gasteiger partial charge in [0, 0.05) is 33.7 Å². The van der Waals surface area contributed by atoms with Gasteiger partial charge in [0.1, 0.15) is 0 Å². The third-order valence-electron chi connectivity index (χ3n) is 3.81. The second-order valence-electron chi connectivity index (χ2n) is 6.63. The molecule has 0 spiro atoms. The van der Waals surface area contributed by atoms with E-state index < -0.39 is 11.9 Å². The highest BCUT2D eigenvalue weighted by atomic mass is 16.9. The Kier molecular flexibility index (Phi) is 21.5. The lowest BCUT2D eigenvalue weighted by atomic mass is 10.3. The van der Waals surface area contributed by atoms with Crippen LogP contribution >= 0.6 is 0 Å². The van der Waals surface area contributed by atoms with Crippen molar-refractivity contribution in [1.29, 1.82) is 0 Å². The fraction of sp³-hybridized carbons (Fsp3) is 1.00. The minimum absolute atomic E-state index is 0.594. The summed E-state index contributed by atoms with van der Waals surface area (Å²) >= 11 is 0. The van der Waals surface area contributed by atoms with Crippen LogP contribution < -0.4 is 0 Å². The molecule has 0 aromatic rings. The summed E-state index contributed by atoms with van der Waals surface area (Å²) in [5, 5.41) is 0. The Morgan fingerprint density at radius 2 is 0.679 bits per heavy atom. The first kappa shape index (κ1) is 30.0. The van der Waals surface area contributed by atoms with Crippen molar-refractivity contribution in [2.75, 3.05) is 39.6 Å². The number of hydrogen-bond donors (Lipinski definition) is 0. The van der Waals surface area contributed by atoms with E-state index in [4.69, 9.17) is 28.4 Å². The minimum atomic E-state index is -0.849. The van der Waals surface area contributed by atoms with E-state index in [0.29, 0.717) is 39.6 Å². The molecule has 6 nitrogen and oxygen atoms in total. The zero-order valence-electron chi connectivity index (χ0n) is 19.9. The lowest BCUT2D eigenvalue weighted by Gasteiger charge is -2.29. The average molecular weight is 409 g/mol. The molecule has 0 amide bonds. The van der Waals surface area contributed by atoms with Crippen LogP contribution in [-0.4, -0.2) is 51.6 Å². The maximum atomic E-state index is 5.72. The van der Waals surface area contributed by atoms with E-state index >= 15 is 0 Å². The molecule has 0 atom stereocenters. The van der Waals surface area contributed by atoms with Crippen LogP contribution in [0.3, 0.4) is 0 Å². The molecule has 0 fully saturated rings. The average Bonchev–Trinajstić information content (AvgIpc) is 2.63. The Labute approximate surface area is 174 Å². The Bertz CT molecular complexity index is 268. The van der Waals surface area contributed by atoms with Gasteiger partial charge in [-0.25, -0.2) is 0 Å². The molecular formula is C22H48O6. The highest BCUT2D eigenvalue weighted by Crippen LogP contribution is 2.17. The van der Waals surface area contributed by atoms with Crippen LogP contribution in [0.4, 0.5) is 0 Å². The van der Waals surface area contributed by atoms with Gasteiger partial charge in [-0.05, 0) is 40.0 Å². The monoisotopic (exact) mass is 408 g/mol. The summed E-state index contributed by atoms with van der Waals surface area (Å²) in [5.41, 5.74) is 0. The normalized spacial score (nSPS) is 12.0. The quantitative estimate of drug-likeness (QED) is 0.208. The first-order valence-electron chi connectivity index (χ1n) is 11.2. The first-order chi connectivity index (χ1) is 13.4. The lowest BCUT2D eigenvalue weighted by molar-refractivity contribution is -0.370. The maximum absolute atomic E-state index is 5.72. The van der Waals surface area contributed by atoms with E-state index in [1.165, 1.54) is 0 Å². The van der Waals surface area contributed by atoms with Crippen molar-refractivity contribution in [1.82, 2.24) is 0 Å². The number of ether oxygens (including phenoxy) is 6. The number of rotatable bonds is 18. The third-order valence-corrected chi connectivity index (χ3v) is 3.81. The molecule has 0 aromatic carbocycles. The van der Waals surface area contributed by atoms with E-state index in [0.717, 1.165) is 38.5 Å². The van der Waals surface area contributed by atoms with Crippen LogP contribution in [0.2, 0.25) is 0 Å². The Balaban J connectivity index is 0. The van der Waals surface area contributed by atoms with Gasteiger partial charge in [0.2, 0.25) is 0 Å². The molecule has 172 valence electrons. The van der Waals surface area contributed by atoms with Crippen molar-refractivity contribution in [3.05, 3.63) is 0 Å². The smallest absolute Gasteiger partial charge is 0.279 e. The van der Waals surface area contributed by atoms with E-state index in [-0.39, 0.29) is 0 Å². The molecule has 0 radical (unpaired) electrons. The summed E-state index contributed by atoms with van der Waals surface area (Å²) < 4.78 is 33.0. The molecular weight excluding hydrogens is 360 g/mol. The van der Waals surface area contributed by atoms with Crippen molar-refractivity contribution in [2.45, 2.75) is 106 Å². The largest absolute Gasteiger partial charge is 0.328 e. The highest BCUT2D eigenvalue weighted by molar-refractivity contribution is 4.50. The van der Waals surface area contributed by atoms with Gasteiger partial charge < -0.3 is 28.4 Å². The predicted octanol–water partition coefficient (Wildman–Crippen LogP) is 5.88. The van der Waals surface area contributed by atoms with Crippen LogP contribution in [-0.2, 0) is 28.4 Å². The molecule has 0 N–H and O–H groups in total. The van der Waals surface area contributed by atoms with Gasteiger partial charge >= 0.3 is 0 Å². The van der Waals surface area contributed by atoms with Crippen LogP contribution in [0, 0.1) is 0 Å². The summed E-state index contributed by atoms with van der Waals surface area (Å²) in [6.07, 6.45) is 6.51. The van der Waals surface area contributed by atoms with E-state index in [1.54, 1.807) is 6.92 Å². The Morgan fingerprint density at radius 3 is 0.893 bits per heavy atom. The molecule has 0 aliphatic carbocycles. The van der Waals surface area contributed by atoms with Crippen molar-refractivity contribution in [3.63, 3.8) is 0 Å². The molecule has 28 heavy (non-hydrogen) atoms. The molecule has 0 aliphatic rings. The van der Waals surface area contributed by atoms with Crippen LogP contribution in [0.5, 0.6) is 0 Å². The van der Waals surface area contributed by atoms with Gasteiger partial charge in [-0.3, -0.25) is 0 Å². The van der Waals surface area contributed by atoms with Gasteiger partial charge in [0.15, 0.2) is 0 Å². The Hall–Kier alpha value is -0.240. The molecule has 0 aliphatic heterocycles. The second kappa shape index (κ2) is 20.0. The molecule has 0 bridgehead atoms. The van der Waals surface area contributed by atoms with Gasteiger partial charge in [0.25, 0.3) is 11.9 Å². The maximum Gasteiger partial charge on any atom is 0.279 e. The minimum Gasteiger partial charge on any atom is -0.328 e. The summed E-state index contributed by atoms with van der Waals surface area (Å²) in [6, 6.07) is 0. The van der Waals surface area contributed by atoms with Crippen LogP contribution in [0.1, 0.15) is 93.9 Å². The van der Waals surface area contributed by atoms with E-state index in [2.05, 4.69) is 20.8 Å². The van der Waals surface area contributed by atoms with Crippen molar-refractivity contribution in [3.8, 4) is 0 Å². The fourth-order valence-electron chi connectivity index (χ4n) is 2.24. The fourth-order valence-corrected chi connectivity index (χ4v) is 2.24. The first-order valence-corrected chi connectivity index (χ1v) is 11.2. The van der Waals surface area contributed by atoms with Gasteiger partial charge in [-0.15, -0.1) is 0 Å². The topological polar surface area (TPSA) is 55.4 Å². The summed E-state index contributed by atoms with van der Waals surface area (Å²) in [7, 11) is 0. The standard InChI is InChI=1S/C14H30O3.C8H18O3/c1-5-8-11-15-14(4,16-12-9-6-2)17-13-10-7-3;1-5-9-8(4,10-6-2)11-7-3/h5-13H2,1-4H3;5-7H2,1-4H3. The van der Waals surface area contributed by atoms with Gasteiger partial charge in [0.05, 0.1) is 19.8 Å². The van der Waals surface area contributed by atoms with E-state index in [9.17, 15) is 0 Å². The number of unbranched alkanes of at least 4 members (excludes halogenated alkanes) is 3. The highest BCUT2D eigenvalue weighted by Gasteiger charge is 2.26. The molecule has 6 heteroatoms. The summed E-state index contributed by atoms with van der Waals surface area (Å²) in [6.45, 7) is 19.7. The third kappa shape index (κ3) is 17.8. The van der Waals surface area contributed by atoms with Crippen molar-refractivity contribution >= 4 is 0 Å². The van der Waals surface area contributed by atoms with Crippen molar-refractivity contribution in [2.24, 2.45) is 0 Å². The lowest BCUT2D eigenvalue weighted by Crippen LogP contribution is -2.37. The van der Waals surface area contributed by atoms with Crippen LogP contribution in [0.15, 0.2) is 0 Å². The van der Waals surface area contributed by atoms with E-state index in [1.807, 2.05) is 27.7 Å². The molecule has 0 unspecified atom stereocenters. The second-order valence-corrected chi connectivity index (χ2v) is 6.63. The molecule has 0 aromatic heterocycles. The number of hydrogen-bond acceptors (Lipinski definition) is 6. The Morgan fingerprint density at radius 1 is 0.429 bits per heavy atom. The van der Waals surface area contributed by atoms with Crippen LogP contribution in [0.25, 0.3) is 0 Å². The molecule has 0 saturated carbocycles. The zero-order valence-corrected chi connectivity index (χ0v) is 19.9. The SMILES string of the molecule is CCCCOC(C)(OCCCC)OCCCC.CCOC(C)(OCC)OCC. The molecule has 0 saturated heterocycles. The van der Waals surface area contributed by atoms with Crippen molar-refractivity contribution < 1.29 is 28.4 Å². The van der Waals surface area contributed by atoms with Gasteiger partial charge in [-0.2, -0.15) is 0 Å². The molecule has 0 rings (SSSR count).